The number of benzene rings is 2. The van der Waals surface area contributed by atoms with Crippen molar-refractivity contribution in [3.63, 3.8) is 0 Å². The van der Waals surface area contributed by atoms with Gasteiger partial charge in [0.05, 0.1) is 60.2 Å². The highest BCUT2D eigenvalue weighted by Crippen LogP contribution is 2.44. The molecule has 0 saturated carbocycles. The maximum absolute atomic E-state index is 10.3. The molecule has 0 saturated heterocycles. The fraction of sp³-hybridized carbons (Fsp3) is 0.556. The molecule has 2 unspecified atom stereocenters. The fourth-order valence-corrected chi connectivity index (χ4v) is 6.84. The molecule has 37 heavy (non-hydrogen) atoms. The van der Waals surface area contributed by atoms with Crippen LogP contribution in [0.3, 0.4) is 0 Å². The predicted octanol–water partition coefficient (Wildman–Crippen LogP) is 5.95. The summed E-state index contributed by atoms with van der Waals surface area (Å²) in [6.07, 6.45) is -1.14. The average Bonchev–Trinajstić information content (AvgIpc) is 2.69. The summed E-state index contributed by atoms with van der Waals surface area (Å²) in [5.41, 5.74) is 1.81. The number of ether oxygens (including phenoxy) is 2. The van der Waals surface area contributed by atoms with E-state index in [0.29, 0.717) is 33.6 Å². The van der Waals surface area contributed by atoms with Gasteiger partial charge < -0.3 is 28.7 Å². The van der Waals surface area contributed by atoms with Crippen molar-refractivity contribution in [2.45, 2.75) is 31.5 Å². The second-order valence-corrected chi connectivity index (χ2v) is 15.5. The van der Waals surface area contributed by atoms with Gasteiger partial charge in [-0.1, -0.05) is 13.8 Å². The Morgan fingerprint density at radius 3 is 1.16 bits per heavy atom. The number of halogens is 4. The van der Waals surface area contributed by atoms with E-state index in [0.717, 1.165) is 29.0 Å². The summed E-state index contributed by atoms with van der Waals surface area (Å²) in [7, 11) is 12.2. The van der Waals surface area contributed by atoms with Crippen LogP contribution in [-0.4, -0.2) is 100.0 Å². The second-order valence-electron chi connectivity index (χ2n) is 12.0. The lowest BCUT2D eigenvalue weighted by atomic mass is 9.78. The van der Waals surface area contributed by atoms with Crippen LogP contribution in [0.1, 0.15) is 25.0 Å². The molecule has 0 aliphatic rings. The van der Waals surface area contributed by atoms with Crippen molar-refractivity contribution in [1.82, 2.24) is 0 Å². The monoisotopic (exact) mass is 772 g/mol. The molecule has 208 valence electrons. The van der Waals surface area contributed by atoms with Crippen molar-refractivity contribution in [2.75, 3.05) is 68.6 Å². The van der Waals surface area contributed by atoms with Crippen molar-refractivity contribution in [2.24, 2.45) is 0 Å². The molecule has 0 amide bonds. The van der Waals surface area contributed by atoms with Gasteiger partial charge in [-0.3, -0.25) is 0 Å². The predicted molar refractivity (Wildman–Crippen MR) is 165 cm³/mol. The lowest BCUT2D eigenvalue weighted by molar-refractivity contribution is -0.873. The molecule has 0 aromatic heterocycles. The Hall–Kier alpha value is -0.200. The summed E-state index contributed by atoms with van der Waals surface area (Å²) < 4.78 is 16.5. The molecule has 0 bridgehead atoms. The Labute approximate surface area is 255 Å². The van der Waals surface area contributed by atoms with Crippen LogP contribution in [0.15, 0.2) is 42.2 Å². The molecule has 0 radical (unpaired) electrons. The Kier molecular flexibility index (Phi) is 11.6. The van der Waals surface area contributed by atoms with Crippen LogP contribution in [0.5, 0.6) is 11.5 Å². The van der Waals surface area contributed by atoms with E-state index in [-0.39, 0.29) is 18.6 Å². The van der Waals surface area contributed by atoms with Crippen molar-refractivity contribution in [1.29, 1.82) is 0 Å². The lowest BCUT2D eigenvalue weighted by Crippen LogP contribution is -2.43. The lowest BCUT2D eigenvalue weighted by Gasteiger charge is -2.29. The number of likely N-dealkylation sites (N-methyl/N-ethyl adjacent to an activating group) is 2. The summed E-state index contributed by atoms with van der Waals surface area (Å²) >= 11 is 14.7. The summed E-state index contributed by atoms with van der Waals surface area (Å²) in [6, 6.07) is 8.22. The summed E-state index contributed by atoms with van der Waals surface area (Å²) in [6.45, 7) is 5.93. The molecule has 2 N–H and O–H groups in total. The number of rotatable bonds is 12. The van der Waals surface area contributed by atoms with E-state index in [1.54, 1.807) is 0 Å². The molecule has 10 heteroatoms. The number of nitrogens with zero attached hydrogens (tertiary/aromatic N) is 2. The van der Waals surface area contributed by atoms with Crippen molar-refractivity contribution in [3.05, 3.63) is 53.3 Å². The Bertz CT molecular complexity index is 952. The van der Waals surface area contributed by atoms with Gasteiger partial charge in [0.25, 0.3) is 0 Å². The number of hydrogen-bond donors (Lipinski definition) is 2. The Morgan fingerprint density at radius 2 is 0.919 bits per heavy atom. The average molecular weight is 776 g/mol. The number of quaternary nitrogens is 2. The summed E-state index contributed by atoms with van der Waals surface area (Å²) in [5, 5.41) is 20.7. The highest BCUT2D eigenvalue weighted by Gasteiger charge is 2.28. The van der Waals surface area contributed by atoms with Gasteiger partial charge in [-0.2, -0.15) is 0 Å². The van der Waals surface area contributed by atoms with E-state index in [1.165, 1.54) is 0 Å². The SMILES string of the molecule is CC(C)(c1cc(Br)c(OCC(O)C[N+](C)(C)C)c(Br)c1)c1cc(Br)c(OCC(O)C[N+](C)(C)C)c(Br)c1. The number of aliphatic hydroxyl groups is 2. The van der Waals surface area contributed by atoms with Gasteiger partial charge in [-0.25, -0.2) is 0 Å². The first-order valence-corrected chi connectivity index (χ1v) is 15.2. The molecule has 0 aliphatic carbocycles. The molecule has 0 aliphatic heterocycles. The van der Waals surface area contributed by atoms with Crippen LogP contribution >= 0.6 is 63.7 Å². The van der Waals surface area contributed by atoms with Gasteiger partial charge in [-0.05, 0) is 99.1 Å². The molecule has 0 heterocycles. The third kappa shape index (κ3) is 10.0. The summed E-state index contributed by atoms with van der Waals surface area (Å²) in [4.78, 5) is 0. The smallest absolute Gasteiger partial charge is 0.147 e. The van der Waals surface area contributed by atoms with Crippen LogP contribution in [0.4, 0.5) is 0 Å². The van der Waals surface area contributed by atoms with Gasteiger partial charge in [0.15, 0.2) is 0 Å². The molecule has 2 aromatic carbocycles. The third-order valence-corrected chi connectivity index (χ3v) is 8.15. The van der Waals surface area contributed by atoms with Crippen LogP contribution in [0.2, 0.25) is 0 Å². The molecular weight excluding hydrogens is 736 g/mol. The second kappa shape index (κ2) is 13.0. The zero-order chi connectivity index (χ0) is 28.3. The zero-order valence-corrected chi connectivity index (χ0v) is 29.3. The molecule has 0 spiro atoms. The van der Waals surface area contributed by atoms with Gasteiger partial charge in [-0.15, -0.1) is 0 Å². The fourth-order valence-electron chi connectivity index (χ4n) is 4.01. The standard InChI is InChI=1S/C27H40Br4N2O4/c1-27(2,17-9-21(28)25(22(29)10-17)36-15-19(34)13-32(3,4)5)18-11-23(30)26(24(31)12-18)37-16-20(35)14-33(6,7)8/h9-12,19-20,34-35H,13-16H2,1-8H3/q+2. The quantitative estimate of drug-likeness (QED) is 0.262. The third-order valence-electron chi connectivity index (χ3n) is 5.80. The minimum Gasteiger partial charge on any atom is -0.488 e. The molecule has 2 rings (SSSR count). The van der Waals surface area contributed by atoms with Crippen molar-refractivity contribution < 1.29 is 28.7 Å². The maximum Gasteiger partial charge on any atom is 0.147 e. The number of aliphatic hydroxyl groups excluding tert-OH is 2. The minimum atomic E-state index is -0.570. The van der Waals surface area contributed by atoms with Crippen LogP contribution in [0.25, 0.3) is 0 Å². The first kappa shape index (κ1) is 33.0. The van der Waals surface area contributed by atoms with E-state index >= 15 is 0 Å². The largest absolute Gasteiger partial charge is 0.488 e. The molecule has 2 atom stereocenters. The van der Waals surface area contributed by atoms with E-state index in [1.807, 2.05) is 42.3 Å². The van der Waals surface area contributed by atoms with Crippen molar-refractivity contribution >= 4 is 63.7 Å². The molecule has 6 nitrogen and oxygen atoms in total. The van der Waals surface area contributed by atoms with Gasteiger partial charge in [0.2, 0.25) is 0 Å². The highest BCUT2D eigenvalue weighted by molar-refractivity contribution is 9.11. The van der Waals surface area contributed by atoms with Gasteiger partial charge in [0.1, 0.15) is 50.0 Å². The zero-order valence-electron chi connectivity index (χ0n) is 22.9. The van der Waals surface area contributed by atoms with Gasteiger partial charge >= 0.3 is 0 Å². The first-order chi connectivity index (χ1) is 16.8. The minimum absolute atomic E-state index is 0.209. The Balaban J connectivity index is 2.24. The molecule has 2 aromatic rings. The topological polar surface area (TPSA) is 58.9 Å². The van der Waals surface area contributed by atoms with Crippen LogP contribution in [-0.2, 0) is 5.41 Å². The number of hydrogen-bond acceptors (Lipinski definition) is 4. The van der Waals surface area contributed by atoms with Gasteiger partial charge in [0, 0.05) is 5.41 Å². The van der Waals surface area contributed by atoms with E-state index in [2.05, 4.69) is 102 Å². The normalized spacial score (nSPS) is 14.4. The Morgan fingerprint density at radius 1 is 0.649 bits per heavy atom. The van der Waals surface area contributed by atoms with Crippen LogP contribution in [0, 0.1) is 0 Å². The van der Waals surface area contributed by atoms with E-state index < -0.39 is 12.2 Å². The highest BCUT2D eigenvalue weighted by atomic mass is 79.9. The van der Waals surface area contributed by atoms with E-state index in [9.17, 15) is 10.2 Å². The molecular formula is C27H40Br4N2O4+2. The van der Waals surface area contributed by atoms with Crippen LogP contribution < -0.4 is 9.47 Å². The van der Waals surface area contributed by atoms with E-state index in [4.69, 9.17) is 9.47 Å². The molecule has 0 fully saturated rings. The summed E-state index contributed by atoms with van der Waals surface area (Å²) in [5.74, 6) is 1.33. The first-order valence-electron chi connectivity index (χ1n) is 12.0. The maximum atomic E-state index is 10.3. The van der Waals surface area contributed by atoms with Crippen molar-refractivity contribution in [3.8, 4) is 11.5 Å².